The number of hydrogen-bond donors (Lipinski definition) is 0. The van der Waals surface area contributed by atoms with Crippen molar-refractivity contribution in [2.24, 2.45) is 0 Å². The first-order valence-corrected chi connectivity index (χ1v) is 21.6. The molecule has 2 heterocycles. The van der Waals surface area contributed by atoms with Crippen molar-refractivity contribution in [2.75, 3.05) is 4.90 Å². The second kappa shape index (κ2) is 14.5. The van der Waals surface area contributed by atoms with Gasteiger partial charge in [0, 0.05) is 64.6 Å². The lowest BCUT2D eigenvalue weighted by Crippen LogP contribution is -2.10. The van der Waals surface area contributed by atoms with Gasteiger partial charge in [-0.3, -0.25) is 0 Å². The lowest BCUT2D eigenvalue weighted by molar-refractivity contribution is 1.19. The Morgan fingerprint density at radius 1 is 0.344 bits per heavy atom. The molecule has 0 saturated carbocycles. The van der Waals surface area contributed by atoms with E-state index in [0.717, 1.165) is 22.7 Å². The highest BCUT2D eigenvalue weighted by atomic mass is 32.1. The molecule has 61 heavy (non-hydrogen) atoms. The van der Waals surface area contributed by atoms with Crippen LogP contribution in [0.2, 0.25) is 0 Å². The second-order valence-electron chi connectivity index (χ2n) is 15.7. The average Bonchev–Trinajstić information content (AvgIpc) is 3.88. The van der Waals surface area contributed by atoms with Gasteiger partial charge in [-0.05, 0) is 93.9 Å². The Balaban J connectivity index is 1.03. The number of para-hydroxylation sites is 1. The maximum Gasteiger partial charge on any atom is 0.0619 e. The van der Waals surface area contributed by atoms with Gasteiger partial charge in [0.25, 0.3) is 0 Å². The summed E-state index contributed by atoms with van der Waals surface area (Å²) in [7, 11) is 0. The molecular formula is C58H38N2S. The predicted octanol–water partition coefficient (Wildman–Crippen LogP) is 16.8. The van der Waals surface area contributed by atoms with Crippen LogP contribution in [0.1, 0.15) is 0 Å². The molecule has 0 aliphatic carbocycles. The monoisotopic (exact) mass is 794 g/mol. The Morgan fingerprint density at radius 3 is 1.62 bits per heavy atom. The number of rotatable bonds is 7. The van der Waals surface area contributed by atoms with E-state index in [4.69, 9.17) is 0 Å². The molecule has 0 aliphatic heterocycles. The van der Waals surface area contributed by atoms with E-state index >= 15 is 0 Å². The van der Waals surface area contributed by atoms with E-state index in [1.54, 1.807) is 0 Å². The maximum atomic E-state index is 2.44. The van der Waals surface area contributed by atoms with Gasteiger partial charge in [-0.2, -0.15) is 0 Å². The van der Waals surface area contributed by atoms with Crippen LogP contribution < -0.4 is 4.90 Å². The highest BCUT2D eigenvalue weighted by Gasteiger charge is 2.20. The minimum atomic E-state index is 1.10. The Bertz CT molecular complexity index is 3550. The van der Waals surface area contributed by atoms with Crippen molar-refractivity contribution in [2.45, 2.75) is 0 Å². The zero-order chi connectivity index (χ0) is 40.3. The van der Waals surface area contributed by atoms with Crippen LogP contribution in [0.4, 0.5) is 17.1 Å². The number of nitrogens with zero attached hydrogens (tertiary/aromatic N) is 2. The van der Waals surface area contributed by atoms with Crippen LogP contribution in [0.15, 0.2) is 231 Å². The fraction of sp³-hybridized carbons (Fsp3) is 0. The number of benzene rings is 10. The van der Waals surface area contributed by atoms with Crippen LogP contribution in [0.3, 0.4) is 0 Å². The van der Waals surface area contributed by atoms with Crippen LogP contribution in [0, 0.1) is 0 Å². The molecular weight excluding hydrogens is 757 g/mol. The van der Waals surface area contributed by atoms with Gasteiger partial charge in [-0.25, -0.2) is 0 Å². The van der Waals surface area contributed by atoms with Gasteiger partial charge in [0.2, 0.25) is 0 Å². The van der Waals surface area contributed by atoms with Crippen LogP contribution in [0.5, 0.6) is 0 Å². The third-order valence-electron chi connectivity index (χ3n) is 12.2. The summed E-state index contributed by atoms with van der Waals surface area (Å²) < 4.78 is 5.05. The van der Waals surface area contributed by atoms with Gasteiger partial charge in [0.1, 0.15) is 0 Å². The molecule has 0 amide bonds. The Labute approximate surface area is 358 Å². The van der Waals surface area contributed by atoms with E-state index in [1.165, 1.54) is 86.1 Å². The fourth-order valence-corrected chi connectivity index (χ4v) is 10.5. The molecule has 2 nitrogen and oxygen atoms in total. The van der Waals surface area contributed by atoms with E-state index in [1.807, 2.05) is 11.3 Å². The number of fused-ring (bicyclic) bond motifs is 8. The van der Waals surface area contributed by atoms with Crippen molar-refractivity contribution >= 4 is 81.1 Å². The van der Waals surface area contributed by atoms with Crippen molar-refractivity contribution in [1.82, 2.24) is 4.57 Å². The molecule has 0 fully saturated rings. The molecule has 286 valence electrons. The SMILES string of the molecule is c1ccc(-c2ccc(N(c3ccc(-c4ccc5c6ccc7ccccc7c6n(-c6ccccc6)c5c4)cc3)c3cc(-c4ccccc4)c4sc5ccccc5c4c3)cc2)cc1. The van der Waals surface area contributed by atoms with Crippen molar-refractivity contribution in [1.29, 1.82) is 0 Å². The Hall–Kier alpha value is -7.72. The van der Waals surface area contributed by atoms with E-state index in [2.05, 4.69) is 240 Å². The topological polar surface area (TPSA) is 8.17 Å². The first kappa shape index (κ1) is 35.2. The molecule has 0 aliphatic rings. The highest BCUT2D eigenvalue weighted by Crippen LogP contribution is 2.46. The molecule has 0 N–H and O–H groups in total. The van der Waals surface area contributed by atoms with Crippen LogP contribution in [-0.4, -0.2) is 4.57 Å². The molecule has 2 aromatic heterocycles. The van der Waals surface area contributed by atoms with E-state index < -0.39 is 0 Å². The molecule has 10 aromatic carbocycles. The summed E-state index contributed by atoms with van der Waals surface area (Å²) in [5.74, 6) is 0. The summed E-state index contributed by atoms with van der Waals surface area (Å²) in [6, 6.07) is 84.1. The Kier molecular flexibility index (Phi) is 8.39. The van der Waals surface area contributed by atoms with Gasteiger partial charge in [-0.15, -0.1) is 11.3 Å². The molecule has 0 unspecified atom stereocenters. The first-order valence-electron chi connectivity index (χ1n) is 20.8. The summed E-state index contributed by atoms with van der Waals surface area (Å²) in [5, 5.41) is 7.57. The summed E-state index contributed by atoms with van der Waals surface area (Å²) in [6.07, 6.45) is 0. The minimum Gasteiger partial charge on any atom is -0.310 e. The predicted molar refractivity (Wildman–Crippen MR) is 262 cm³/mol. The molecule has 0 saturated heterocycles. The number of hydrogen-bond acceptors (Lipinski definition) is 2. The Morgan fingerprint density at radius 2 is 0.902 bits per heavy atom. The summed E-state index contributed by atoms with van der Waals surface area (Å²) in [6.45, 7) is 0. The summed E-state index contributed by atoms with van der Waals surface area (Å²) in [4.78, 5) is 2.42. The lowest BCUT2D eigenvalue weighted by Gasteiger charge is -2.27. The van der Waals surface area contributed by atoms with Crippen molar-refractivity contribution < 1.29 is 0 Å². The fourth-order valence-electron chi connectivity index (χ4n) is 9.26. The van der Waals surface area contributed by atoms with Crippen LogP contribution >= 0.6 is 11.3 Å². The molecule has 0 radical (unpaired) electrons. The van der Waals surface area contributed by atoms with Crippen molar-refractivity contribution in [3.63, 3.8) is 0 Å². The highest BCUT2D eigenvalue weighted by molar-refractivity contribution is 7.26. The van der Waals surface area contributed by atoms with Gasteiger partial charge in [-0.1, -0.05) is 170 Å². The van der Waals surface area contributed by atoms with Gasteiger partial charge < -0.3 is 9.47 Å². The van der Waals surface area contributed by atoms with E-state index in [-0.39, 0.29) is 0 Å². The summed E-state index contributed by atoms with van der Waals surface area (Å²) >= 11 is 1.88. The lowest BCUT2D eigenvalue weighted by atomic mass is 9.99. The molecule has 0 bridgehead atoms. The summed E-state index contributed by atoms with van der Waals surface area (Å²) in [5.41, 5.74) is 14.1. The number of thiophene rings is 1. The van der Waals surface area contributed by atoms with E-state index in [9.17, 15) is 0 Å². The van der Waals surface area contributed by atoms with Crippen LogP contribution in [-0.2, 0) is 0 Å². The quantitative estimate of drug-likeness (QED) is 0.156. The zero-order valence-electron chi connectivity index (χ0n) is 33.2. The molecule has 12 rings (SSSR count). The third kappa shape index (κ3) is 6.01. The molecule has 3 heteroatoms. The molecule has 12 aromatic rings. The number of aromatic nitrogens is 1. The van der Waals surface area contributed by atoms with Gasteiger partial charge >= 0.3 is 0 Å². The number of anilines is 3. The zero-order valence-corrected chi connectivity index (χ0v) is 34.1. The largest absolute Gasteiger partial charge is 0.310 e. The first-order chi connectivity index (χ1) is 30.2. The minimum absolute atomic E-state index is 1.10. The van der Waals surface area contributed by atoms with Crippen LogP contribution in [0.25, 0.3) is 91.8 Å². The maximum absolute atomic E-state index is 2.44. The molecule has 0 spiro atoms. The second-order valence-corrected chi connectivity index (χ2v) is 16.8. The van der Waals surface area contributed by atoms with E-state index in [0.29, 0.717) is 0 Å². The standard InChI is InChI=1S/C58H38N2S/c1-4-14-39(15-5-1)40-24-30-46(31-25-40)59(48-37-53(42-16-6-2-7-17-42)58-54(38-48)51-22-12-13-23-56(51)61-58)47-32-26-41(27-33-47)44-29-34-50-52-35-28-43-18-10-11-21-49(43)57(52)60(55(50)36-44)45-19-8-3-9-20-45/h1-38H. The smallest absolute Gasteiger partial charge is 0.0619 e. The molecule has 0 atom stereocenters. The van der Waals surface area contributed by atoms with Crippen molar-refractivity contribution in [3.05, 3.63) is 231 Å². The van der Waals surface area contributed by atoms with Gasteiger partial charge in [0.05, 0.1) is 11.0 Å². The normalized spacial score (nSPS) is 11.6. The average molecular weight is 795 g/mol. The van der Waals surface area contributed by atoms with Crippen molar-refractivity contribution in [3.8, 4) is 39.1 Å². The van der Waals surface area contributed by atoms with Gasteiger partial charge in [0.15, 0.2) is 0 Å². The third-order valence-corrected chi connectivity index (χ3v) is 13.4.